The van der Waals surface area contributed by atoms with E-state index >= 15 is 0 Å². The quantitative estimate of drug-likeness (QED) is 0.0649. The number of aryl methyl sites for hydroxylation is 4. The SMILES string of the molecule is CCCn1ncc2c1nc(N)n1nc(-c3ccco3)nc21.CCCn1ncc2c1nc(N)n1nc(-c3ccco3)nc21.Cc1ccc(S(=O)(=O)OCCOS(=O)(=O)c2ccc(C)cc2)cc1.Nc1nc2[nH]ncc2c2nc(-c3ccco3)nn12. The molecule has 0 amide bonds. The minimum atomic E-state index is -3.94. The van der Waals surface area contributed by atoms with E-state index in [1.807, 2.05) is 23.2 Å². The van der Waals surface area contributed by atoms with E-state index in [0.29, 0.717) is 57.3 Å². The zero-order valence-electron chi connectivity index (χ0n) is 45.1. The predicted octanol–water partition coefficient (Wildman–Crippen LogP) is 6.71. The zero-order valence-corrected chi connectivity index (χ0v) is 46.7. The Morgan fingerprint density at radius 2 is 0.869 bits per heavy atom. The molecule has 12 heterocycles. The van der Waals surface area contributed by atoms with Crippen molar-refractivity contribution in [2.24, 2.45) is 0 Å². The molecule has 0 unspecified atom stereocenters. The molecule has 0 spiro atoms. The number of fused-ring (bicyclic) bond motifs is 9. The molecule has 430 valence electrons. The summed E-state index contributed by atoms with van der Waals surface area (Å²) in [5, 5.41) is 30.7. The van der Waals surface area contributed by atoms with Crippen molar-refractivity contribution in [3.63, 3.8) is 0 Å². The second-order valence-electron chi connectivity index (χ2n) is 18.4. The van der Waals surface area contributed by atoms with Gasteiger partial charge in [0.25, 0.3) is 20.2 Å². The van der Waals surface area contributed by atoms with Gasteiger partial charge in [0.1, 0.15) is 0 Å². The fraction of sp³-hybridized carbons (Fsp3) is 0.192. The normalized spacial score (nSPS) is 11.8. The number of aromatic amines is 1. The first-order valence-corrected chi connectivity index (χ1v) is 28.6. The Balaban J connectivity index is 0.000000117. The standard InChI is InChI=1S/C16H18O6S2.2C13H13N7O.C10H7N7O/c1-13-3-7-15(8-4-13)23(17,18)21-11-12-22-24(19,20)16-9-5-14(2)6-10-16;2*1-2-5-19-11-8(7-15-19)12-16-10(9-4-3-6-21-9)18-20(12)13(14)17-11;11-10-14-7-5(4-12-15-7)9-13-8(16-17(9)10)6-2-1-3-18-6/h3-10H,11-12H2,1-2H3;2*3-4,6-7H,2,5H2,1H3,(H2,14,17);1-4H,(H3,11,12,14,15). The van der Waals surface area contributed by atoms with E-state index in [1.54, 1.807) is 98.0 Å². The molecule has 14 aromatic rings. The van der Waals surface area contributed by atoms with Gasteiger partial charge in [-0.05, 0) is 87.4 Å². The van der Waals surface area contributed by atoms with Crippen molar-refractivity contribution in [2.75, 3.05) is 30.4 Å². The average molecular weight is 1180 g/mol. The number of nitrogen functional groups attached to an aromatic ring is 3. The van der Waals surface area contributed by atoms with Crippen LogP contribution in [-0.4, -0.2) is 119 Å². The lowest BCUT2D eigenvalue weighted by molar-refractivity contribution is 0.224. The van der Waals surface area contributed by atoms with Crippen LogP contribution >= 0.6 is 0 Å². The molecule has 0 saturated carbocycles. The maximum Gasteiger partial charge on any atom is 0.297 e. The number of benzene rings is 2. The summed E-state index contributed by atoms with van der Waals surface area (Å²) in [7, 11) is -7.88. The molecule has 12 aromatic heterocycles. The van der Waals surface area contributed by atoms with Crippen LogP contribution in [0.2, 0.25) is 0 Å². The number of furan rings is 3. The topological polar surface area (TPSA) is 398 Å². The molecular formula is C52H51N21O9S2. The molecule has 0 aliphatic carbocycles. The molecule has 0 atom stereocenters. The number of aromatic nitrogens is 18. The van der Waals surface area contributed by atoms with E-state index in [0.717, 1.165) is 64.5 Å². The molecule has 0 aliphatic heterocycles. The fourth-order valence-corrected chi connectivity index (χ4v) is 10.2. The third kappa shape index (κ3) is 11.3. The summed E-state index contributed by atoms with van der Waals surface area (Å²) < 4.78 is 81.4. The summed E-state index contributed by atoms with van der Waals surface area (Å²) in [6.07, 6.45) is 11.8. The molecule has 32 heteroatoms. The largest absolute Gasteiger partial charge is 0.461 e. The smallest absolute Gasteiger partial charge is 0.297 e. The highest BCUT2D eigenvalue weighted by Crippen LogP contribution is 2.27. The summed E-state index contributed by atoms with van der Waals surface area (Å²) in [4.78, 5) is 26.3. The van der Waals surface area contributed by atoms with E-state index in [9.17, 15) is 16.8 Å². The molecule has 0 saturated heterocycles. The van der Waals surface area contributed by atoms with Crippen molar-refractivity contribution in [2.45, 2.75) is 63.4 Å². The summed E-state index contributed by atoms with van der Waals surface area (Å²) >= 11 is 0. The molecule has 0 bridgehead atoms. The molecule has 0 radical (unpaired) electrons. The highest BCUT2D eigenvalue weighted by Gasteiger charge is 2.21. The van der Waals surface area contributed by atoms with Gasteiger partial charge in [-0.2, -0.15) is 60.6 Å². The number of anilines is 3. The molecule has 0 fully saturated rings. The Kier molecular flexibility index (Phi) is 15.3. The predicted molar refractivity (Wildman–Crippen MR) is 304 cm³/mol. The summed E-state index contributed by atoms with van der Waals surface area (Å²) in [5.74, 6) is 3.97. The van der Waals surface area contributed by atoms with Crippen LogP contribution in [-0.2, 0) is 41.7 Å². The lowest BCUT2D eigenvalue weighted by Crippen LogP contribution is -2.15. The summed E-state index contributed by atoms with van der Waals surface area (Å²) in [5.41, 5.74) is 23.5. The van der Waals surface area contributed by atoms with Crippen LogP contribution in [0.1, 0.15) is 37.8 Å². The molecule has 84 heavy (non-hydrogen) atoms. The van der Waals surface area contributed by atoms with Crippen LogP contribution in [0.3, 0.4) is 0 Å². The van der Waals surface area contributed by atoms with Gasteiger partial charge in [-0.1, -0.05) is 49.2 Å². The van der Waals surface area contributed by atoms with Crippen molar-refractivity contribution >= 4 is 88.1 Å². The van der Waals surface area contributed by atoms with Crippen molar-refractivity contribution < 1.29 is 38.5 Å². The van der Waals surface area contributed by atoms with Crippen molar-refractivity contribution in [1.29, 1.82) is 0 Å². The van der Waals surface area contributed by atoms with Crippen molar-refractivity contribution in [1.82, 2.24) is 88.5 Å². The monoisotopic (exact) mass is 1180 g/mol. The maximum absolute atomic E-state index is 11.9. The van der Waals surface area contributed by atoms with Gasteiger partial charge < -0.3 is 30.5 Å². The first-order chi connectivity index (χ1) is 40.6. The van der Waals surface area contributed by atoms with E-state index < -0.39 is 33.5 Å². The number of rotatable bonds is 14. The first kappa shape index (κ1) is 55.5. The van der Waals surface area contributed by atoms with E-state index in [4.69, 9.17) is 38.8 Å². The molecule has 30 nitrogen and oxygen atoms in total. The molecule has 14 rings (SSSR count). The molecule has 0 aliphatic rings. The molecule has 2 aromatic carbocycles. The van der Waals surface area contributed by atoms with Crippen molar-refractivity contribution in [3.8, 4) is 34.8 Å². The first-order valence-electron chi connectivity index (χ1n) is 25.7. The van der Waals surface area contributed by atoms with Gasteiger partial charge >= 0.3 is 0 Å². The lowest BCUT2D eigenvalue weighted by Gasteiger charge is -2.08. The Bertz CT molecular complexity index is 4570. The second-order valence-corrected chi connectivity index (χ2v) is 21.6. The number of H-pyrrole nitrogens is 1. The number of nitrogens with zero attached hydrogens (tertiary/aromatic N) is 17. The number of hydrogen-bond donors (Lipinski definition) is 4. The van der Waals surface area contributed by atoms with E-state index in [2.05, 4.69) is 79.4 Å². The fourth-order valence-electron chi connectivity index (χ4n) is 8.36. The Morgan fingerprint density at radius 3 is 1.24 bits per heavy atom. The Labute approximate surface area is 475 Å². The zero-order chi connectivity index (χ0) is 58.7. The summed E-state index contributed by atoms with van der Waals surface area (Å²) in [6.45, 7) is 8.60. The third-order valence-electron chi connectivity index (χ3n) is 12.4. The summed E-state index contributed by atoms with van der Waals surface area (Å²) in [6, 6.07) is 23.0. The van der Waals surface area contributed by atoms with Gasteiger partial charge in [0, 0.05) is 13.1 Å². The lowest BCUT2D eigenvalue weighted by atomic mass is 10.2. The van der Waals surface area contributed by atoms with Gasteiger partial charge in [0.2, 0.25) is 35.3 Å². The Morgan fingerprint density at radius 1 is 0.488 bits per heavy atom. The second kappa shape index (κ2) is 23.2. The van der Waals surface area contributed by atoms with Crippen LogP contribution in [0.15, 0.2) is 145 Å². The molecule has 7 N–H and O–H groups in total. The van der Waals surface area contributed by atoms with Crippen LogP contribution in [0.4, 0.5) is 17.8 Å². The van der Waals surface area contributed by atoms with Gasteiger partial charge in [-0.15, -0.1) is 15.3 Å². The number of nitrogens with two attached hydrogens (primary N) is 3. The Hall–Kier alpha value is -10.4. The third-order valence-corrected chi connectivity index (χ3v) is 15.0. The van der Waals surface area contributed by atoms with Gasteiger partial charge in [-0.25, -0.2) is 24.3 Å². The number of nitrogens with one attached hydrogen (secondary N) is 1. The molecular weight excluding hydrogens is 1130 g/mol. The highest BCUT2D eigenvalue weighted by molar-refractivity contribution is 7.87. The minimum Gasteiger partial charge on any atom is -0.461 e. The van der Waals surface area contributed by atoms with Crippen LogP contribution in [0, 0.1) is 13.8 Å². The maximum atomic E-state index is 11.9. The van der Waals surface area contributed by atoms with E-state index in [1.165, 1.54) is 37.8 Å². The van der Waals surface area contributed by atoms with Crippen LogP contribution < -0.4 is 17.2 Å². The highest BCUT2D eigenvalue weighted by atomic mass is 32.2. The van der Waals surface area contributed by atoms with E-state index in [-0.39, 0.29) is 27.6 Å². The van der Waals surface area contributed by atoms with Crippen molar-refractivity contribution in [3.05, 3.63) is 133 Å². The van der Waals surface area contributed by atoms with Crippen LogP contribution in [0.25, 0.3) is 84.8 Å². The van der Waals surface area contributed by atoms with Gasteiger partial charge in [0.15, 0.2) is 51.2 Å². The number of hydrogen-bond acceptors (Lipinski definition) is 24. The minimum absolute atomic E-state index is 0.00879. The average Bonchev–Trinajstić information content (AvgIpc) is 3.26. The van der Waals surface area contributed by atoms with Gasteiger partial charge in [-0.3, -0.25) is 13.5 Å². The van der Waals surface area contributed by atoms with Gasteiger partial charge in [0.05, 0.1) is 76.5 Å². The van der Waals surface area contributed by atoms with Crippen LogP contribution in [0.5, 0.6) is 0 Å².